The zero-order valence-corrected chi connectivity index (χ0v) is 11.8. The van der Waals surface area contributed by atoms with Gasteiger partial charge in [0.25, 0.3) is 0 Å². The normalized spacial score (nSPS) is 20.5. The Kier molecular flexibility index (Phi) is 6.18. The highest BCUT2D eigenvalue weighted by molar-refractivity contribution is 5.85. The minimum absolute atomic E-state index is 0.0319. The van der Waals surface area contributed by atoms with E-state index in [1.54, 1.807) is 0 Å². The molecule has 1 aliphatic carbocycles. The second-order valence-electron chi connectivity index (χ2n) is 5.62. The predicted octanol–water partition coefficient (Wildman–Crippen LogP) is 3.55. The van der Waals surface area contributed by atoms with Gasteiger partial charge < -0.3 is 5.32 Å². The Morgan fingerprint density at radius 1 is 1.33 bits per heavy atom. The van der Waals surface area contributed by atoms with Crippen LogP contribution in [0.1, 0.15) is 71.6 Å². The summed E-state index contributed by atoms with van der Waals surface area (Å²) in [5.41, 5.74) is -0.753. The molecule has 18 heavy (non-hydrogen) atoms. The van der Waals surface area contributed by atoms with E-state index in [4.69, 9.17) is 0 Å². The van der Waals surface area contributed by atoms with Gasteiger partial charge in [-0.25, -0.2) is 0 Å². The molecule has 1 atom stereocenters. The van der Waals surface area contributed by atoms with Gasteiger partial charge in [-0.2, -0.15) is 5.26 Å². The van der Waals surface area contributed by atoms with E-state index < -0.39 is 5.41 Å². The van der Waals surface area contributed by atoms with Crippen molar-refractivity contribution in [3.05, 3.63) is 0 Å². The largest absolute Gasteiger partial charge is 0.352 e. The van der Waals surface area contributed by atoms with Crippen molar-refractivity contribution < 1.29 is 4.79 Å². The topological polar surface area (TPSA) is 52.9 Å². The van der Waals surface area contributed by atoms with Gasteiger partial charge >= 0.3 is 0 Å². The molecular formula is C15H26N2O. The maximum absolute atomic E-state index is 12.3. The van der Waals surface area contributed by atoms with Crippen LogP contribution in [0, 0.1) is 16.7 Å². The second-order valence-corrected chi connectivity index (χ2v) is 5.62. The molecule has 1 fully saturated rings. The molecule has 0 spiro atoms. The van der Waals surface area contributed by atoms with Crippen molar-refractivity contribution in [2.24, 2.45) is 5.41 Å². The summed E-state index contributed by atoms with van der Waals surface area (Å²) in [5, 5.41) is 12.5. The van der Waals surface area contributed by atoms with E-state index in [1.807, 2.05) is 6.92 Å². The van der Waals surface area contributed by atoms with Gasteiger partial charge in [0.05, 0.1) is 6.07 Å². The maximum atomic E-state index is 12.3. The Morgan fingerprint density at radius 2 is 1.94 bits per heavy atom. The van der Waals surface area contributed by atoms with Crippen molar-refractivity contribution in [1.29, 1.82) is 5.26 Å². The Hall–Kier alpha value is -1.04. The van der Waals surface area contributed by atoms with Gasteiger partial charge in [-0.05, 0) is 26.2 Å². The lowest BCUT2D eigenvalue weighted by molar-refractivity contribution is -0.129. The third kappa shape index (κ3) is 4.01. The molecule has 0 aromatic rings. The van der Waals surface area contributed by atoms with E-state index in [1.165, 1.54) is 0 Å². The van der Waals surface area contributed by atoms with Gasteiger partial charge in [-0.3, -0.25) is 4.79 Å². The fourth-order valence-electron chi connectivity index (χ4n) is 2.67. The third-order valence-corrected chi connectivity index (χ3v) is 3.97. The maximum Gasteiger partial charge on any atom is 0.240 e. The highest BCUT2D eigenvalue weighted by Crippen LogP contribution is 2.34. The lowest BCUT2D eigenvalue weighted by Crippen LogP contribution is -2.43. The molecule has 0 radical (unpaired) electrons. The molecule has 0 aromatic carbocycles. The van der Waals surface area contributed by atoms with E-state index in [0.29, 0.717) is 0 Å². The number of unbranched alkanes of at least 4 members (excludes halogenated alkanes) is 1. The molecule has 1 N–H and O–H groups in total. The standard InChI is InChI=1S/C15H26N2O/c1-3-4-9-13(2)17-14(18)15(12-16)10-7-5-6-8-11-15/h13H,3-11H2,1-2H3,(H,17,18). The Balaban J connectivity index is 2.58. The monoisotopic (exact) mass is 250 g/mol. The molecule has 0 aromatic heterocycles. The van der Waals surface area contributed by atoms with E-state index in [2.05, 4.69) is 18.3 Å². The molecule has 1 aliphatic rings. The molecule has 1 unspecified atom stereocenters. The predicted molar refractivity (Wildman–Crippen MR) is 72.9 cm³/mol. The van der Waals surface area contributed by atoms with Crippen molar-refractivity contribution in [2.45, 2.75) is 77.7 Å². The SMILES string of the molecule is CCCCC(C)NC(=O)C1(C#N)CCCCCC1. The lowest BCUT2D eigenvalue weighted by atomic mass is 9.80. The fourth-order valence-corrected chi connectivity index (χ4v) is 2.67. The Bertz CT molecular complexity index is 298. The van der Waals surface area contributed by atoms with Gasteiger partial charge in [-0.1, -0.05) is 45.4 Å². The third-order valence-electron chi connectivity index (χ3n) is 3.97. The van der Waals surface area contributed by atoms with Gasteiger partial charge in [0.15, 0.2) is 0 Å². The molecule has 0 saturated heterocycles. The second kappa shape index (κ2) is 7.41. The van der Waals surface area contributed by atoms with Crippen molar-refractivity contribution >= 4 is 5.91 Å². The van der Waals surface area contributed by atoms with Gasteiger partial charge in [0, 0.05) is 6.04 Å². The smallest absolute Gasteiger partial charge is 0.240 e. The van der Waals surface area contributed by atoms with Crippen LogP contribution in [0.3, 0.4) is 0 Å². The number of hydrogen-bond donors (Lipinski definition) is 1. The number of nitrogens with one attached hydrogen (secondary N) is 1. The minimum atomic E-state index is -0.753. The summed E-state index contributed by atoms with van der Waals surface area (Å²) in [6, 6.07) is 2.49. The first-order valence-electron chi connectivity index (χ1n) is 7.37. The van der Waals surface area contributed by atoms with E-state index in [9.17, 15) is 10.1 Å². The van der Waals surface area contributed by atoms with E-state index in [0.717, 1.165) is 57.8 Å². The summed E-state index contributed by atoms with van der Waals surface area (Å²) >= 11 is 0. The molecule has 0 heterocycles. The van der Waals surface area contributed by atoms with E-state index in [-0.39, 0.29) is 11.9 Å². The minimum Gasteiger partial charge on any atom is -0.352 e. The highest BCUT2D eigenvalue weighted by Gasteiger charge is 2.39. The van der Waals surface area contributed by atoms with Crippen LogP contribution >= 0.6 is 0 Å². The molecular weight excluding hydrogens is 224 g/mol. The van der Waals surface area contributed by atoms with Crippen molar-refractivity contribution in [3.8, 4) is 6.07 Å². The summed E-state index contributed by atoms with van der Waals surface area (Å²) in [4.78, 5) is 12.3. The summed E-state index contributed by atoms with van der Waals surface area (Å²) in [7, 11) is 0. The average molecular weight is 250 g/mol. The zero-order chi connectivity index (χ0) is 13.4. The van der Waals surface area contributed by atoms with Crippen molar-refractivity contribution in [1.82, 2.24) is 5.32 Å². The molecule has 0 bridgehead atoms. The summed E-state index contributed by atoms with van der Waals surface area (Å²) in [6.07, 6.45) is 9.05. The lowest BCUT2D eigenvalue weighted by Gasteiger charge is -2.26. The van der Waals surface area contributed by atoms with Gasteiger partial charge in [0.2, 0.25) is 5.91 Å². The van der Waals surface area contributed by atoms with Crippen molar-refractivity contribution in [3.63, 3.8) is 0 Å². The first kappa shape index (κ1) is 15.0. The number of hydrogen-bond acceptors (Lipinski definition) is 2. The van der Waals surface area contributed by atoms with Gasteiger partial charge in [-0.15, -0.1) is 0 Å². The van der Waals surface area contributed by atoms with Crippen LogP contribution < -0.4 is 5.32 Å². The van der Waals surface area contributed by atoms with Crippen LogP contribution in [0.2, 0.25) is 0 Å². The molecule has 1 saturated carbocycles. The number of carbonyl (C=O) groups excluding carboxylic acids is 1. The number of carbonyl (C=O) groups is 1. The average Bonchev–Trinajstić information content (AvgIpc) is 2.62. The van der Waals surface area contributed by atoms with Crippen molar-refractivity contribution in [2.75, 3.05) is 0 Å². The molecule has 3 nitrogen and oxygen atoms in total. The number of rotatable bonds is 5. The summed E-state index contributed by atoms with van der Waals surface area (Å²) in [6.45, 7) is 4.19. The van der Waals surface area contributed by atoms with E-state index >= 15 is 0 Å². The first-order chi connectivity index (χ1) is 8.64. The quantitative estimate of drug-likeness (QED) is 0.759. The highest BCUT2D eigenvalue weighted by atomic mass is 16.2. The van der Waals surface area contributed by atoms with Crippen LogP contribution in [-0.4, -0.2) is 11.9 Å². The zero-order valence-electron chi connectivity index (χ0n) is 11.8. The van der Waals surface area contributed by atoms with Gasteiger partial charge in [0.1, 0.15) is 5.41 Å². The first-order valence-corrected chi connectivity index (χ1v) is 7.37. The molecule has 3 heteroatoms. The molecule has 102 valence electrons. The Morgan fingerprint density at radius 3 is 2.44 bits per heavy atom. The van der Waals surface area contributed by atoms with Crippen LogP contribution in [-0.2, 0) is 4.79 Å². The Labute approximate surface area is 111 Å². The van der Waals surface area contributed by atoms with Crippen LogP contribution in [0.5, 0.6) is 0 Å². The summed E-state index contributed by atoms with van der Waals surface area (Å²) < 4.78 is 0. The molecule has 1 rings (SSSR count). The van der Waals surface area contributed by atoms with Crippen LogP contribution in [0.25, 0.3) is 0 Å². The molecule has 0 aliphatic heterocycles. The number of nitriles is 1. The number of nitrogens with zero attached hydrogens (tertiary/aromatic N) is 1. The summed E-state index contributed by atoms with van der Waals surface area (Å²) in [5.74, 6) is -0.0319. The molecule has 1 amide bonds. The fraction of sp³-hybridized carbons (Fsp3) is 0.867. The van der Waals surface area contributed by atoms with Crippen LogP contribution in [0.15, 0.2) is 0 Å². The number of amides is 1. The van der Waals surface area contributed by atoms with Crippen LogP contribution in [0.4, 0.5) is 0 Å².